The number of fused-ring (bicyclic) bond motifs is 1. The number of alkyl halides is 3. The Bertz CT molecular complexity index is 1490. The summed E-state index contributed by atoms with van der Waals surface area (Å²) in [6, 6.07) is 17.6. The van der Waals surface area contributed by atoms with Gasteiger partial charge in [0.15, 0.2) is 6.61 Å². The summed E-state index contributed by atoms with van der Waals surface area (Å²) >= 11 is 0. The normalized spacial score (nSPS) is 11.4. The molecule has 0 radical (unpaired) electrons. The molecule has 4 aromatic rings. The van der Waals surface area contributed by atoms with Crippen molar-refractivity contribution in [3.63, 3.8) is 0 Å². The number of benzene rings is 3. The van der Waals surface area contributed by atoms with Gasteiger partial charge in [0.2, 0.25) is 11.2 Å². The molecule has 0 aliphatic heterocycles. The summed E-state index contributed by atoms with van der Waals surface area (Å²) in [6.07, 6.45) is -1.12. The Labute approximate surface area is 223 Å². The minimum absolute atomic E-state index is 0.0626. The van der Waals surface area contributed by atoms with E-state index in [0.717, 1.165) is 37.3 Å². The standard InChI is InChI=1S/C30H28F3NO5/c1-3-5-6-20-7-11-21(12-8-20)34-26(35)18-37-23-15-16-24-25(17-23)39-29(30(31,32)33)28(27(24)36)38-22-13-9-19(4-2)10-14-22/h7-17H,3-6,18H2,1-2H3,(H,34,35). The number of aryl methyl sites for hydroxylation is 2. The second-order valence-electron chi connectivity index (χ2n) is 8.98. The number of ether oxygens (including phenoxy) is 2. The first-order chi connectivity index (χ1) is 18.7. The Morgan fingerprint density at radius 1 is 0.923 bits per heavy atom. The predicted octanol–water partition coefficient (Wildman–Crippen LogP) is 7.53. The van der Waals surface area contributed by atoms with E-state index in [0.29, 0.717) is 5.69 Å². The molecule has 9 heteroatoms. The van der Waals surface area contributed by atoms with Crippen molar-refractivity contribution in [2.75, 3.05) is 11.9 Å². The molecule has 1 amide bonds. The van der Waals surface area contributed by atoms with Crippen molar-refractivity contribution >= 4 is 22.6 Å². The van der Waals surface area contributed by atoms with Crippen LogP contribution < -0.4 is 20.2 Å². The Kier molecular flexibility index (Phi) is 8.59. The lowest BCUT2D eigenvalue weighted by atomic mass is 10.1. The van der Waals surface area contributed by atoms with E-state index in [9.17, 15) is 22.8 Å². The van der Waals surface area contributed by atoms with E-state index in [2.05, 4.69) is 12.2 Å². The van der Waals surface area contributed by atoms with Gasteiger partial charge in [0, 0.05) is 11.8 Å². The van der Waals surface area contributed by atoms with Gasteiger partial charge in [-0.1, -0.05) is 44.5 Å². The number of amides is 1. The van der Waals surface area contributed by atoms with Crippen LogP contribution in [0.4, 0.5) is 18.9 Å². The molecule has 0 spiro atoms. The third-order valence-corrected chi connectivity index (χ3v) is 6.06. The van der Waals surface area contributed by atoms with Gasteiger partial charge in [0.1, 0.15) is 17.1 Å². The zero-order valence-corrected chi connectivity index (χ0v) is 21.6. The Balaban J connectivity index is 1.51. The van der Waals surface area contributed by atoms with Gasteiger partial charge in [-0.15, -0.1) is 0 Å². The molecular formula is C30H28F3NO5. The molecule has 1 N–H and O–H groups in total. The Morgan fingerprint density at radius 3 is 2.23 bits per heavy atom. The summed E-state index contributed by atoms with van der Waals surface area (Å²) in [7, 11) is 0. The van der Waals surface area contributed by atoms with Crippen molar-refractivity contribution < 1.29 is 31.9 Å². The van der Waals surface area contributed by atoms with Crippen LogP contribution in [-0.4, -0.2) is 12.5 Å². The fourth-order valence-corrected chi connectivity index (χ4v) is 3.92. The van der Waals surface area contributed by atoms with E-state index >= 15 is 0 Å². The van der Waals surface area contributed by atoms with Crippen LogP contribution in [0.15, 0.2) is 75.9 Å². The number of rotatable bonds is 10. The summed E-state index contributed by atoms with van der Waals surface area (Å²) in [6.45, 7) is 3.66. The molecule has 1 aromatic heterocycles. The van der Waals surface area contributed by atoms with Gasteiger partial charge >= 0.3 is 6.18 Å². The molecule has 3 aromatic carbocycles. The van der Waals surface area contributed by atoms with Crippen LogP contribution in [0.2, 0.25) is 0 Å². The average molecular weight is 540 g/mol. The van der Waals surface area contributed by atoms with Crippen molar-refractivity contribution in [1.29, 1.82) is 0 Å². The monoisotopic (exact) mass is 539 g/mol. The zero-order valence-electron chi connectivity index (χ0n) is 21.6. The topological polar surface area (TPSA) is 77.8 Å². The molecule has 0 aliphatic carbocycles. The second kappa shape index (κ2) is 12.1. The lowest BCUT2D eigenvalue weighted by Crippen LogP contribution is -2.20. The van der Waals surface area contributed by atoms with Gasteiger partial charge < -0.3 is 19.2 Å². The molecule has 39 heavy (non-hydrogen) atoms. The van der Waals surface area contributed by atoms with Crippen molar-refractivity contribution in [3.8, 4) is 17.2 Å². The Hall–Kier alpha value is -4.27. The molecule has 0 fully saturated rings. The number of hydrogen-bond acceptors (Lipinski definition) is 5. The van der Waals surface area contributed by atoms with Crippen LogP contribution >= 0.6 is 0 Å². The van der Waals surface area contributed by atoms with Gasteiger partial charge in [0.05, 0.1) is 5.39 Å². The number of unbranched alkanes of at least 4 members (excludes halogenated alkanes) is 1. The average Bonchev–Trinajstić information content (AvgIpc) is 2.92. The summed E-state index contributed by atoms with van der Waals surface area (Å²) in [5.41, 5.74) is 1.41. The highest BCUT2D eigenvalue weighted by atomic mass is 19.4. The lowest BCUT2D eigenvalue weighted by molar-refractivity contribution is -0.154. The van der Waals surface area contributed by atoms with E-state index < -0.39 is 35.6 Å². The third kappa shape index (κ3) is 6.98. The van der Waals surface area contributed by atoms with Gasteiger partial charge in [-0.2, -0.15) is 13.2 Å². The van der Waals surface area contributed by atoms with Gasteiger partial charge in [-0.25, -0.2) is 0 Å². The van der Waals surface area contributed by atoms with Crippen LogP contribution in [0.5, 0.6) is 17.2 Å². The quantitative estimate of drug-likeness (QED) is 0.225. The van der Waals surface area contributed by atoms with Crippen LogP contribution in [-0.2, 0) is 23.8 Å². The number of hydrogen-bond donors (Lipinski definition) is 1. The summed E-state index contributed by atoms with van der Waals surface area (Å²) in [5.74, 6) is -2.82. The van der Waals surface area contributed by atoms with Crippen LogP contribution in [0.25, 0.3) is 11.0 Å². The summed E-state index contributed by atoms with van der Waals surface area (Å²) in [5, 5.41) is 2.58. The number of anilines is 1. The summed E-state index contributed by atoms with van der Waals surface area (Å²) < 4.78 is 57.4. The highest BCUT2D eigenvalue weighted by molar-refractivity contribution is 5.92. The van der Waals surface area contributed by atoms with E-state index in [4.69, 9.17) is 13.9 Å². The van der Waals surface area contributed by atoms with E-state index in [1.807, 2.05) is 19.1 Å². The van der Waals surface area contributed by atoms with Gasteiger partial charge in [0.25, 0.3) is 11.7 Å². The van der Waals surface area contributed by atoms with E-state index in [1.54, 1.807) is 24.3 Å². The molecule has 0 atom stereocenters. The number of carbonyl (C=O) groups is 1. The van der Waals surface area contributed by atoms with E-state index in [-0.39, 0.29) is 22.5 Å². The molecule has 0 saturated heterocycles. The van der Waals surface area contributed by atoms with Crippen LogP contribution in [0.1, 0.15) is 43.6 Å². The van der Waals surface area contributed by atoms with Gasteiger partial charge in [-0.3, -0.25) is 9.59 Å². The maximum Gasteiger partial charge on any atom is 0.453 e. The smallest absolute Gasteiger partial charge is 0.453 e. The number of halogens is 3. The second-order valence-corrected chi connectivity index (χ2v) is 8.98. The number of carbonyl (C=O) groups excluding carboxylic acids is 1. The van der Waals surface area contributed by atoms with Crippen molar-refractivity contribution in [1.82, 2.24) is 0 Å². The maximum atomic E-state index is 13.8. The van der Waals surface area contributed by atoms with Crippen LogP contribution in [0, 0.1) is 0 Å². The van der Waals surface area contributed by atoms with Gasteiger partial charge in [-0.05, 0) is 66.8 Å². The molecule has 6 nitrogen and oxygen atoms in total. The minimum Gasteiger partial charge on any atom is -0.484 e. The fraction of sp³-hybridized carbons (Fsp3) is 0.267. The van der Waals surface area contributed by atoms with Crippen molar-refractivity contribution in [2.24, 2.45) is 0 Å². The molecule has 204 valence electrons. The van der Waals surface area contributed by atoms with Crippen molar-refractivity contribution in [2.45, 2.75) is 45.7 Å². The molecule has 0 bridgehead atoms. The zero-order chi connectivity index (χ0) is 28.0. The first kappa shape index (κ1) is 27.8. The lowest BCUT2D eigenvalue weighted by Gasteiger charge is -2.14. The van der Waals surface area contributed by atoms with E-state index in [1.165, 1.54) is 29.8 Å². The SMILES string of the molecule is CCCCc1ccc(NC(=O)COc2ccc3c(=O)c(Oc4ccc(CC)cc4)c(C(F)(F)F)oc3c2)cc1. The Morgan fingerprint density at radius 2 is 1.59 bits per heavy atom. The molecule has 0 saturated carbocycles. The highest BCUT2D eigenvalue weighted by Gasteiger charge is 2.40. The van der Waals surface area contributed by atoms with Crippen LogP contribution in [0.3, 0.4) is 0 Å². The molecular weight excluding hydrogens is 511 g/mol. The number of nitrogens with one attached hydrogen (secondary N) is 1. The first-order valence-corrected chi connectivity index (χ1v) is 12.6. The molecule has 4 rings (SSSR count). The largest absolute Gasteiger partial charge is 0.484 e. The minimum atomic E-state index is -4.99. The summed E-state index contributed by atoms with van der Waals surface area (Å²) in [4.78, 5) is 25.3. The molecule has 0 aliphatic rings. The predicted molar refractivity (Wildman–Crippen MR) is 143 cm³/mol. The fourth-order valence-electron chi connectivity index (χ4n) is 3.92. The third-order valence-electron chi connectivity index (χ3n) is 6.06. The highest BCUT2D eigenvalue weighted by Crippen LogP contribution is 2.38. The maximum absolute atomic E-state index is 13.8. The van der Waals surface area contributed by atoms with Crippen molar-refractivity contribution in [3.05, 3.63) is 93.8 Å². The molecule has 0 unspecified atom stereocenters. The molecule has 1 heterocycles. The first-order valence-electron chi connectivity index (χ1n) is 12.6.